The summed E-state index contributed by atoms with van der Waals surface area (Å²) in [5, 5.41) is 9.91. The average molecular weight is 237 g/mol. The van der Waals surface area contributed by atoms with Gasteiger partial charge in [-0.1, -0.05) is 4.85 Å². The lowest BCUT2D eigenvalue weighted by Crippen LogP contribution is -2.53. The van der Waals surface area contributed by atoms with Crippen LogP contribution in [0.5, 0.6) is 0 Å². The Kier molecular flexibility index (Phi) is 2.95. The molecule has 0 saturated heterocycles. The largest absolute Gasteiger partial charge is 0.336 e. The van der Waals surface area contributed by atoms with Gasteiger partial charge in [0.25, 0.3) is 6.73 Å². The van der Waals surface area contributed by atoms with Crippen molar-refractivity contribution in [2.45, 2.75) is 0 Å². The zero-order valence-electron chi connectivity index (χ0n) is 10.5. The number of hydrogen-bond donors (Lipinski definition) is 0. The molecule has 2 rings (SSSR count). The van der Waals surface area contributed by atoms with Gasteiger partial charge in [0.15, 0.2) is 0 Å². The van der Waals surface area contributed by atoms with E-state index in [1.807, 2.05) is 45.3 Å². The first-order valence-corrected chi connectivity index (χ1v) is 5.31. The monoisotopic (exact) mass is 237 g/mol. The zero-order chi connectivity index (χ0) is 12.5. The molecule has 2 aromatic rings. The molecule has 0 radical (unpaired) electrons. The number of pyridine rings is 1. The van der Waals surface area contributed by atoms with Crippen LogP contribution >= 0.6 is 0 Å². The smallest absolute Gasteiger partial charge is 0.265 e. The summed E-state index contributed by atoms with van der Waals surface area (Å²) in [6.07, 6.45) is 1.69. The fourth-order valence-corrected chi connectivity index (χ4v) is 1.14. The second-order valence-electron chi connectivity index (χ2n) is 4.54. The molecular formula is C10H17N6O+. The second kappa shape index (κ2) is 4.27. The van der Waals surface area contributed by atoms with Crippen molar-refractivity contribution in [1.29, 1.82) is 0 Å². The molecule has 2 heterocycles. The van der Waals surface area contributed by atoms with Crippen LogP contribution in [-0.4, -0.2) is 64.7 Å². The predicted molar refractivity (Wildman–Crippen MR) is 62.6 cm³/mol. The fraction of sp³-hybridized carbons (Fsp3) is 0.500. The number of hydrogen-bond acceptors (Lipinski definition) is 5. The molecule has 7 heteroatoms. The van der Waals surface area contributed by atoms with Crippen LogP contribution in [0.25, 0.3) is 11.2 Å². The van der Waals surface area contributed by atoms with E-state index in [2.05, 4.69) is 15.3 Å². The fourth-order valence-electron chi connectivity index (χ4n) is 1.14. The van der Waals surface area contributed by atoms with Crippen LogP contribution in [0, 0.1) is 0 Å². The van der Waals surface area contributed by atoms with Crippen molar-refractivity contribution in [2.24, 2.45) is 0 Å². The predicted octanol–water partition coefficient (Wildman–Crippen LogP) is -0.235. The SMILES string of the molecule is CN(C)[N+](C)(C)COn1nnc2cccnc21. The number of rotatable bonds is 4. The maximum Gasteiger partial charge on any atom is 0.265 e. The Hall–Kier alpha value is -1.73. The van der Waals surface area contributed by atoms with E-state index in [1.54, 1.807) is 6.20 Å². The highest BCUT2D eigenvalue weighted by Gasteiger charge is 2.20. The molecule has 0 N–H and O–H groups in total. The van der Waals surface area contributed by atoms with Gasteiger partial charge in [-0.2, -0.15) is 5.01 Å². The highest BCUT2D eigenvalue weighted by molar-refractivity contribution is 5.68. The Morgan fingerprint density at radius 3 is 2.88 bits per heavy atom. The van der Waals surface area contributed by atoms with Crippen LogP contribution in [0.15, 0.2) is 18.3 Å². The van der Waals surface area contributed by atoms with Crippen molar-refractivity contribution in [1.82, 2.24) is 25.2 Å². The molecule has 2 aromatic heterocycles. The standard InChI is InChI=1S/C10H17N6O/c1-14(2)16(3,4)8-17-15-10-9(12-13-15)6-5-7-11-10/h5-7H,8H2,1-4H3/q+1. The minimum atomic E-state index is 0.446. The molecule has 7 nitrogen and oxygen atoms in total. The Morgan fingerprint density at radius 2 is 2.18 bits per heavy atom. The normalized spacial score (nSPS) is 12.3. The summed E-state index contributed by atoms with van der Waals surface area (Å²) in [5.74, 6) is 0. The van der Waals surface area contributed by atoms with Gasteiger partial charge in [0.1, 0.15) is 5.52 Å². The molecule has 0 spiro atoms. The van der Waals surface area contributed by atoms with Crippen LogP contribution in [-0.2, 0) is 0 Å². The quantitative estimate of drug-likeness (QED) is 0.417. The molecule has 0 atom stereocenters. The van der Waals surface area contributed by atoms with Gasteiger partial charge in [-0.05, 0) is 17.3 Å². The van der Waals surface area contributed by atoms with E-state index in [1.165, 1.54) is 4.85 Å². The number of aromatic nitrogens is 4. The van der Waals surface area contributed by atoms with Crippen molar-refractivity contribution in [2.75, 3.05) is 34.9 Å². The first-order chi connectivity index (χ1) is 8.00. The van der Waals surface area contributed by atoms with E-state index in [-0.39, 0.29) is 0 Å². The van der Waals surface area contributed by atoms with Crippen molar-refractivity contribution < 1.29 is 9.43 Å². The molecule has 17 heavy (non-hydrogen) atoms. The Bertz CT molecular complexity index is 506. The van der Waals surface area contributed by atoms with Crippen molar-refractivity contribution in [3.05, 3.63) is 18.3 Å². The first-order valence-electron chi connectivity index (χ1n) is 5.31. The summed E-state index contributed by atoms with van der Waals surface area (Å²) in [7, 11) is 8.04. The van der Waals surface area contributed by atoms with Crippen LogP contribution in [0.4, 0.5) is 0 Å². The van der Waals surface area contributed by atoms with E-state index in [9.17, 15) is 0 Å². The van der Waals surface area contributed by atoms with E-state index in [0.29, 0.717) is 17.0 Å². The highest BCUT2D eigenvalue weighted by atomic mass is 16.7. The summed E-state index contributed by atoms with van der Waals surface area (Å²) in [4.78, 5) is 11.1. The van der Waals surface area contributed by atoms with Crippen molar-refractivity contribution in [3.8, 4) is 0 Å². The molecular weight excluding hydrogens is 220 g/mol. The van der Waals surface area contributed by atoms with Gasteiger partial charge in [-0.25, -0.2) is 9.58 Å². The molecule has 0 aliphatic heterocycles. The number of quaternary nitrogens is 1. The molecule has 0 unspecified atom stereocenters. The van der Waals surface area contributed by atoms with E-state index < -0.39 is 0 Å². The Morgan fingerprint density at radius 1 is 1.41 bits per heavy atom. The molecule has 0 aliphatic carbocycles. The number of fused-ring (bicyclic) bond motifs is 1. The van der Waals surface area contributed by atoms with Gasteiger partial charge in [-0.15, -0.1) is 5.10 Å². The Balaban J connectivity index is 2.14. The van der Waals surface area contributed by atoms with Gasteiger partial charge in [0, 0.05) is 20.3 Å². The van der Waals surface area contributed by atoms with Crippen LogP contribution in [0.1, 0.15) is 0 Å². The van der Waals surface area contributed by atoms with Gasteiger partial charge in [-0.3, -0.25) is 0 Å². The van der Waals surface area contributed by atoms with Gasteiger partial charge >= 0.3 is 0 Å². The van der Waals surface area contributed by atoms with Crippen molar-refractivity contribution in [3.63, 3.8) is 0 Å². The maximum atomic E-state index is 5.60. The third kappa shape index (κ3) is 2.34. The zero-order valence-corrected chi connectivity index (χ0v) is 10.5. The molecule has 0 aromatic carbocycles. The molecule has 0 saturated carbocycles. The van der Waals surface area contributed by atoms with Crippen LogP contribution in [0.2, 0.25) is 0 Å². The lowest BCUT2D eigenvalue weighted by atomic mass is 10.4. The maximum absolute atomic E-state index is 5.60. The summed E-state index contributed by atoms with van der Waals surface area (Å²) < 4.78 is 0.578. The van der Waals surface area contributed by atoms with Gasteiger partial charge in [0.05, 0.1) is 14.1 Å². The number of nitrogens with zero attached hydrogens (tertiary/aromatic N) is 6. The average Bonchev–Trinajstić information content (AvgIpc) is 2.69. The summed E-state index contributed by atoms with van der Waals surface area (Å²) in [5.41, 5.74) is 1.36. The molecule has 0 aliphatic rings. The van der Waals surface area contributed by atoms with Crippen LogP contribution in [0.3, 0.4) is 0 Å². The third-order valence-corrected chi connectivity index (χ3v) is 2.76. The van der Waals surface area contributed by atoms with Gasteiger partial charge < -0.3 is 4.84 Å². The Labute approximate surface area is 99.7 Å². The molecule has 0 amide bonds. The minimum Gasteiger partial charge on any atom is -0.336 e. The van der Waals surface area contributed by atoms with Gasteiger partial charge in [0.2, 0.25) is 5.65 Å². The van der Waals surface area contributed by atoms with E-state index in [4.69, 9.17) is 4.84 Å². The summed E-state index contributed by atoms with van der Waals surface area (Å²) in [6.45, 7) is 0.446. The van der Waals surface area contributed by atoms with Crippen LogP contribution < -0.4 is 4.84 Å². The molecule has 0 fully saturated rings. The minimum absolute atomic E-state index is 0.446. The lowest BCUT2D eigenvalue weighted by Gasteiger charge is -2.33. The van der Waals surface area contributed by atoms with E-state index >= 15 is 0 Å². The third-order valence-electron chi connectivity index (χ3n) is 2.76. The summed E-state index contributed by atoms with van der Waals surface area (Å²) >= 11 is 0. The molecule has 92 valence electrons. The lowest BCUT2D eigenvalue weighted by molar-refractivity contribution is -1.01. The molecule has 0 bridgehead atoms. The van der Waals surface area contributed by atoms with Crippen molar-refractivity contribution >= 4 is 11.2 Å². The first kappa shape index (κ1) is 11.7. The second-order valence-corrected chi connectivity index (χ2v) is 4.54. The topological polar surface area (TPSA) is 56.1 Å². The summed E-state index contributed by atoms with van der Waals surface area (Å²) in [6, 6.07) is 3.67. The highest BCUT2D eigenvalue weighted by Crippen LogP contribution is 2.05. The van der Waals surface area contributed by atoms with E-state index in [0.717, 1.165) is 5.52 Å².